The van der Waals surface area contributed by atoms with Gasteiger partial charge >= 0.3 is 0 Å². The van der Waals surface area contributed by atoms with Crippen molar-refractivity contribution in [3.8, 4) is 22.9 Å². The van der Waals surface area contributed by atoms with E-state index in [-0.39, 0.29) is 28.6 Å². The summed E-state index contributed by atoms with van der Waals surface area (Å²) in [5.41, 5.74) is 0.819. The van der Waals surface area contributed by atoms with Crippen LogP contribution in [0, 0.1) is 0 Å². The molecule has 0 aliphatic rings. The third kappa shape index (κ3) is 4.89. The van der Waals surface area contributed by atoms with Crippen molar-refractivity contribution in [3.05, 3.63) is 53.9 Å². The number of ether oxygens (including phenoxy) is 2. The Labute approximate surface area is 186 Å². The van der Waals surface area contributed by atoms with E-state index in [9.17, 15) is 13.2 Å². The topological polar surface area (TPSA) is 124 Å². The Kier molecular flexibility index (Phi) is 7.11. The monoisotopic (exact) mass is 460 g/mol. The van der Waals surface area contributed by atoms with Crippen LogP contribution in [0.25, 0.3) is 11.4 Å². The number of sulfonamides is 1. The van der Waals surface area contributed by atoms with E-state index in [0.29, 0.717) is 18.0 Å². The molecule has 10 nitrogen and oxygen atoms in total. The number of carbonyl (C=O) groups excluding carboxylic acids is 1. The molecule has 0 fully saturated rings. The lowest BCUT2D eigenvalue weighted by Gasteiger charge is -2.16. The van der Waals surface area contributed by atoms with E-state index in [4.69, 9.17) is 14.0 Å². The van der Waals surface area contributed by atoms with Crippen LogP contribution in [0.5, 0.6) is 11.5 Å². The van der Waals surface area contributed by atoms with E-state index in [0.717, 1.165) is 10.1 Å². The van der Waals surface area contributed by atoms with Crippen LogP contribution >= 0.6 is 0 Å². The Balaban J connectivity index is 1.79. The molecule has 3 aromatic rings. The van der Waals surface area contributed by atoms with Gasteiger partial charge in [0.05, 0.1) is 30.7 Å². The van der Waals surface area contributed by atoms with Gasteiger partial charge in [0.2, 0.25) is 21.7 Å². The molecular weight excluding hydrogens is 436 g/mol. The molecule has 0 saturated carbocycles. The van der Waals surface area contributed by atoms with Gasteiger partial charge in [-0.05, 0) is 49.4 Å². The van der Waals surface area contributed by atoms with Gasteiger partial charge in [-0.1, -0.05) is 5.16 Å². The van der Waals surface area contributed by atoms with Gasteiger partial charge < -0.3 is 19.3 Å². The van der Waals surface area contributed by atoms with Crippen molar-refractivity contribution in [2.24, 2.45) is 0 Å². The predicted molar refractivity (Wildman–Crippen MR) is 116 cm³/mol. The SMILES string of the molecule is CCOc1ccc(-c2noc(CN(C)S(=O)(=O)c3ccc(OC)c(C(=O)NC)c3)n2)cc1. The first-order valence-electron chi connectivity index (χ1n) is 9.72. The standard InChI is InChI=1S/C21H24N4O6S/c1-5-30-15-8-6-14(7-9-15)20-23-19(31-24-20)13-25(3)32(27,28)16-10-11-18(29-4)17(12-16)21(26)22-2/h6-12H,5,13H2,1-4H3,(H,22,26). The third-order valence-corrected chi connectivity index (χ3v) is 6.40. The smallest absolute Gasteiger partial charge is 0.254 e. The number of aromatic nitrogens is 2. The van der Waals surface area contributed by atoms with Crippen molar-refractivity contribution in [1.82, 2.24) is 19.8 Å². The second-order valence-electron chi connectivity index (χ2n) is 6.67. The summed E-state index contributed by atoms with van der Waals surface area (Å²) in [6.45, 7) is 2.31. The zero-order chi connectivity index (χ0) is 23.3. The largest absolute Gasteiger partial charge is 0.496 e. The molecule has 0 bridgehead atoms. The molecule has 0 unspecified atom stereocenters. The maximum Gasteiger partial charge on any atom is 0.254 e. The lowest BCUT2D eigenvalue weighted by atomic mass is 10.2. The Morgan fingerprint density at radius 1 is 1.19 bits per heavy atom. The second-order valence-corrected chi connectivity index (χ2v) is 8.72. The van der Waals surface area contributed by atoms with E-state index < -0.39 is 15.9 Å². The summed E-state index contributed by atoms with van der Waals surface area (Å²) in [4.78, 5) is 16.3. The zero-order valence-electron chi connectivity index (χ0n) is 18.2. The van der Waals surface area contributed by atoms with Crippen LogP contribution in [0.15, 0.2) is 51.9 Å². The van der Waals surface area contributed by atoms with Crippen LogP contribution in [0.3, 0.4) is 0 Å². The lowest BCUT2D eigenvalue weighted by molar-refractivity contribution is 0.0960. The number of hydrogen-bond acceptors (Lipinski definition) is 8. The molecule has 0 spiro atoms. The lowest BCUT2D eigenvalue weighted by Crippen LogP contribution is -2.27. The summed E-state index contributed by atoms with van der Waals surface area (Å²) in [5, 5.41) is 6.39. The first kappa shape index (κ1) is 23.2. The summed E-state index contributed by atoms with van der Waals surface area (Å²) < 4.78 is 42.9. The number of carbonyl (C=O) groups is 1. The minimum atomic E-state index is -3.94. The minimum Gasteiger partial charge on any atom is -0.496 e. The molecule has 32 heavy (non-hydrogen) atoms. The van der Waals surface area contributed by atoms with Crippen LogP contribution in [0.4, 0.5) is 0 Å². The summed E-state index contributed by atoms with van der Waals surface area (Å²) in [5.74, 6) is 0.989. The molecule has 0 atom stereocenters. The Morgan fingerprint density at radius 3 is 2.53 bits per heavy atom. The highest BCUT2D eigenvalue weighted by atomic mass is 32.2. The van der Waals surface area contributed by atoms with Crippen LogP contribution in [-0.4, -0.2) is 56.6 Å². The number of rotatable bonds is 9. The predicted octanol–water partition coefficient (Wildman–Crippen LogP) is 2.32. The zero-order valence-corrected chi connectivity index (χ0v) is 19.0. The normalized spacial score (nSPS) is 11.4. The molecular formula is C21H24N4O6S. The molecule has 1 N–H and O–H groups in total. The fraction of sp³-hybridized carbons (Fsp3) is 0.286. The molecule has 0 radical (unpaired) electrons. The number of amides is 1. The average molecular weight is 461 g/mol. The van der Waals surface area contributed by atoms with Gasteiger partial charge in [-0.3, -0.25) is 4.79 Å². The highest BCUT2D eigenvalue weighted by Crippen LogP contribution is 2.25. The molecule has 11 heteroatoms. The average Bonchev–Trinajstić information content (AvgIpc) is 3.27. The summed E-state index contributed by atoms with van der Waals surface area (Å²) >= 11 is 0. The Bertz CT molecular complexity index is 1190. The molecule has 1 amide bonds. The van der Waals surface area contributed by atoms with E-state index in [1.54, 1.807) is 24.3 Å². The van der Waals surface area contributed by atoms with Crippen molar-refractivity contribution in [2.75, 3.05) is 27.8 Å². The first-order chi connectivity index (χ1) is 15.3. The fourth-order valence-corrected chi connectivity index (χ4v) is 4.07. The van der Waals surface area contributed by atoms with Gasteiger partial charge in [0.1, 0.15) is 11.5 Å². The van der Waals surface area contributed by atoms with Crippen molar-refractivity contribution >= 4 is 15.9 Å². The maximum atomic E-state index is 13.0. The molecule has 1 aromatic heterocycles. The first-order valence-corrected chi connectivity index (χ1v) is 11.2. The van der Waals surface area contributed by atoms with E-state index in [1.807, 2.05) is 6.92 Å². The number of methoxy groups -OCH3 is 1. The summed E-state index contributed by atoms with van der Waals surface area (Å²) in [6, 6.07) is 11.2. The highest BCUT2D eigenvalue weighted by Gasteiger charge is 2.25. The molecule has 0 aliphatic carbocycles. The second kappa shape index (κ2) is 9.79. The quantitative estimate of drug-likeness (QED) is 0.516. The van der Waals surface area contributed by atoms with Crippen molar-refractivity contribution in [2.45, 2.75) is 18.4 Å². The number of benzene rings is 2. The van der Waals surface area contributed by atoms with Crippen molar-refractivity contribution in [1.29, 1.82) is 0 Å². The molecule has 3 rings (SSSR count). The fourth-order valence-electron chi connectivity index (χ4n) is 2.92. The minimum absolute atomic E-state index is 0.0642. The van der Waals surface area contributed by atoms with Gasteiger partial charge in [-0.2, -0.15) is 9.29 Å². The van der Waals surface area contributed by atoms with Gasteiger partial charge in [-0.25, -0.2) is 8.42 Å². The van der Waals surface area contributed by atoms with Gasteiger partial charge in [0.25, 0.3) is 5.91 Å². The van der Waals surface area contributed by atoms with E-state index >= 15 is 0 Å². The van der Waals surface area contributed by atoms with E-state index in [2.05, 4.69) is 15.5 Å². The van der Waals surface area contributed by atoms with Crippen LogP contribution in [0.1, 0.15) is 23.2 Å². The number of nitrogens with zero attached hydrogens (tertiary/aromatic N) is 3. The molecule has 170 valence electrons. The molecule has 0 aliphatic heterocycles. The highest BCUT2D eigenvalue weighted by molar-refractivity contribution is 7.89. The maximum absolute atomic E-state index is 13.0. The Hall–Kier alpha value is -3.44. The molecule has 2 aromatic carbocycles. The van der Waals surface area contributed by atoms with Gasteiger partial charge in [0, 0.05) is 19.7 Å². The summed E-state index contributed by atoms with van der Waals surface area (Å²) in [6.07, 6.45) is 0. The third-order valence-electron chi connectivity index (χ3n) is 4.60. The summed E-state index contributed by atoms with van der Waals surface area (Å²) in [7, 11) is 0.302. The van der Waals surface area contributed by atoms with Gasteiger partial charge in [-0.15, -0.1) is 0 Å². The van der Waals surface area contributed by atoms with Gasteiger partial charge in [0.15, 0.2) is 0 Å². The number of hydrogen-bond donors (Lipinski definition) is 1. The van der Waals surface area contributed by atoms with Crippen LogP contribution in [-0.2, 0) is 16.6 Å². The van der Waals surface area contributed by atoms with Crippen molar-refractivity contribution in [3.63, 3.8) is 0 Å². The van der Waals surface area contributed by atoms with Crippen LogP contribution < -0.4 is 14.8 Å². The van der Waals surface area contributed by atoms with Crippen molar-refractivity contribution < 1.29 is 27.2 Å². The number of nitrogens with one attached hydrogen (secondary N) is 1. The Morgan fingerprint density at radius 2 is 1.91 bits per heavy atom. The van der Waals surface area contributed by atoms with Crippen LogP contribution in [0.2, 0.25) is 0 Å². The molecule has 0 saturated heterocycles. The van der Waals surface area contributed by atoms with E-state index in [1.165, 1.54) is 39.4 Å². The molecule has 1 heterocycles.